The van der Waals surface area contributed by atoms with E-state index in [1.165, 1.54) is 5.56 Å². The predicted molar refractivity (Wildman–Crippen MR) is 129 cm³/mol. The molecule has 1 heterocycles. The smallest absolute Gasteiger partial charge is 0.307 e. The van der Waals surface area contributed by atoms with E-state index in [4.69, 9.17) is 0 Å². The lowest BCUT2D eigenvalue weighted by atomic mass is 10.0. The summed E-state index contributed by atoms with van der Waals surface area (Å²) in [5.74, 6) is -1.08. The van der Waals surface area contributed by atoms with Gasteiger partial charge in [-0.2, -0.15) is 5.10 Å². The Morgan fingerprint density at radius 1 is 1.18 bits per heavy atom. The number of benzene rings is 2. The molecule has 1 amide bonds. The highest BCUT2D eigenvalue weighted by Crippen LogP contribution is 2.48. The lowest BCUT2D eigenvalue weighted by molar-refractivity contribution is -0.138. The number of carboxylic acid groups (broad SMARTS) is 1. The first-order chi connectivity index (χ1) is 15.8. The van der Waals surface area contributed by atoms with Crippen LogP contribution in [0, 0.1) is 12.8 Å². The number of carboxylic acids is 1. The van der Waals surface area contributed by atoms with Crippen LogP contribution in [0.15, 0.2) is 54.7 Å². The third-order valence-corrected chi connectivity index (χ3v) is 6.40. The summed E-state index contributed by atoms with van der Waals surface area (Å²) in [6, 6.07) is 16.2. The molecule has 0 spiro atoms. The van der Waals surface area contributed by atoms with E-state index in [1.807, 2.05) is 48.0 Å². The maximum atomic E-state index is 13.2. The molecule has 6 heteroatoms. The van der Waals surface area contributed by atoms with Crippen molar-refractivity contribution in [2.75, 3.05) is 5.32 Å². The van der Waals surface area contributed by atoms with Crippen molar-refractivity contribution in [1.82, 2.24) is 9.78 Å². The summed E-state index contributed by atoms with van der Waals surface area (Å²) >= 11 is 0. The van der Waals surface area contributed by atoms with E-state index in [0.29, 0.717) is 12.0 Å². The van der Waals surface area contributed by atoms with Gasteiger partial charge in [-0.15, -0.1) is 0 Å². The Hall–Kier alpha value is -3.41. The number of carbonyl (C=O) groups excluding carboxylic acids is 1. The maximum absolute atomic E-state index is 13.2. The molecule has 0 radical (unpaired) electrons. The number of aromatic nitrogens is 2. The van der Waals surface area contributed by atoms with Gasteiger partial charge in [-0.1, -0.05) is 56.3 Å². The number of rotatable bonds is 9. The fraction of sp³-hybridized carbons (Fsp3) is 0.370. The quantitative estimate of drug-likeness (QED) is 0.463. The number of aryl methyl sites for hydroxylation is 3. The van der Waals surface area contributed by atoms with Crippen LogP contribution in [-0.4, -0.2) is 26.8 Å². The maximum Gasteiger partial charge on any atom is 0.307 e. The minimum Gasteiger partial charge on any atom is -0.481 e. The van der Waals surface area contributed by atoms with E-state index in [2.05, 4.69) is 36.4 Å². The lowest BCUT2D eigenvalue weighted by Gasteiger charge is -2.14. The zero-order chi connectivity index (χ0) is 23.5. The molecule has 1 aliphatic carbocycles. The van der Waals surface area contributed by atoms with Gasteiger partial charge in [0.2, 0.25) is 0 Å². The third-order valence-electron chi connectivity index (χ3n) is 6.40. The second-order valence-electron chi connectivity index (χ2n) is 9.23. The number of hydrogen-bond acceptors (Lipinski definition) is 3. The van der Waals surface area contributed by atoms with Crippen molar-refractivity contribution in [3.63, 3.8) is 0 Å². The van der Waals surface area contributed by atoms with E-state index in [0.717, 1.165) is 41.9 Å². The summed E-state index contributed by atoms with van der Waals surface area (Å²) in [4.78, 5) is 24.5. The summed E-state index contributed by atoms with van der Waals surface area (Å²) in [5.41, 5.74) is 5.45. The molecule has 6 nitrogen and oxygen atoms in total. The van der Waals surface area contributed by atoms with Crippen LogP contribution in [0.2, 0.25) is 0 Å². The highest BCUT2D eigenvalue weighted by Gasteiger charge is 2.44. The minimum absolute atomic E-state index is 0.0253. The molecular weight excluding hydrogens is 414 g/mol. The number of aliphatic carboxylic acids is 1. The number of nitrogens with zero attached hydrogens (tertiary/aromatic N) is 2. The minimum atomic E-state index is -0.757. The van der Waals surface area contributed by atoms with Crippen molar-refractivity contribution in [3.8, 4) is 0 Å². The van der Waals surface area contributed by atoms with Crippen LogP contribution in [0.1, 0.15) is 71.3 Å². The van der Waals surface area contributed by atoms with Crippen LogP contribution in [-0.2, 0) is 17.8 Å². The Morgan fingerprint density at radius 3 is 2.61 bits per heavy atom. The highest BCUT2D eigenvalue weighted by molar-refractivity contribution is 6.05. The van der Waals surface area contributed by atoms with Crippen LogP contribution in [0.4, 0.5) is 5.69 Å². The summed E-state index contributed by atoms with van der Waals surface area (Å²) in [6.45, 7) is 6.85. The van der Waals surface area contributed by atoms with Crippen molar-refractivity contribution in [1.29, 1.82) is 0 Å². The molecule has 1 aliphatic rings. The molecule has 0 unspecified atom stereocenters. The molecule has 0 aliphatic heterocycles. The first kappa shape index (κ1) is 22.8. The van der Waals surface area contributed by atoms with Crippen molar-refractivity contribution in [3.05, 3.63) is 82.7 Å². The van der Waals surface area contributed by atoms with Gasteiger partial charge in [0, 0.05) is 12.2 Å². The number of amides is 1. The van der Waals surface area contributed by atoms with E-state index < -0.39 is 5.97 Å². The van der Waals surface area contributed by atoms with E-state index in [-0.39, 0.29) is 23.7 Å². The summed E-state index contributed by atoms with van der Waals surface area (Å²) in [6.07, 6.45) is 4.22. The number of anilines is 1. The summed E-state index contributed by atoms with van der Waals surface area (Å²) < 4.78 is 1.95. The van der Waals surface area contributed by atoms with Crippen LogP contribution >= 0.6 is 0 Å². The van der Waals surface area contributed by atoms with Gasteiger partial charge < -0.3 is 10.4 Å². The Bertz CT molecular complexity index is 1150. The molecule has 1 saturated carbocycles. The third kappa shape index (κ3) is 5.16. The summed E-state index contributed by atoms with van der Waals surface area (Å²) in [5, 5.41) is 16.8. The zero-order valence-corrected chi connectivity index (χ0v) is 19.4. The van der Waals surface area contributed by atoms with Crippen LogP contribution in [0.25, 0.3) is 0 Å². The Balaban J connectivity index is 1.47. The fourth-order valence-corrected chi connectivity index (χ4v) is 4.47. The normalized spacial score (nSPS) is 17.2. The van der Waals surface area contributed by atoms with Gasteiger partial charge in [-0.3, -0.25) is 14.3 Å². The first-order valence-corrected chi connectivity index (χ1v) is 11.6. The molecule has 2 atom stereocenters. The number of nitrogens with one attached hydrogen (secondary N) is 1. The van der Waals surface area contributed by atoms with Crippen molar-refractivity contribution < 1.29 is 14.7 Å². The molecule has 0 saturated heterocycles. The van der Waals surface area contributed by atoms with Gasteiger partial charge in [0.25, 0.3) is 5.91 Å². The molecule has 0 bridgehead atoms. The Kier molecular flexibility index (Phi) is 6.63. The van der Waals surface area contributed by atoms with E-state index in [9.17, 15) is 14.7 Å². The second-order valence-corrected chi connectivity index (χ2v) is 9.23. The lowest BCUT2D eigenvalue weighted by Crippen LogP contribution is -2.17. The SMILES string of the molecule is Cc1ccc([C@H]2C[C@H]2C(=O)O)cc1NC(=O)c1cnn(CCCc2ccccc2)c1C(C)C. The highest BCUT2D eigenvalue weighted by atomic mass is 16.4. The summed E-state index contributed by atoms with van der Waals surface area (Å²) in [7, 11) is 0. The molecule has 1 aromatic heterocycles. The molecular formula is C27H31N3O3. The molecule has 2 N–H and O–H groups in total. The van der Waals surface area contributed by atoms with Gasteiger partial charge in [0.1, 0.15) is 0 Å². The molecule has 4 rings (SSSR count). The predicted octanol–water partition coefficient (Wildman–Crippen LogP) is 5.39. The van der Waals surface area contributed by atoms with Crippen LogP contribution in [0.3, 0.4) is 0 Å². The van der Waals surface area contributed by atoms with Crippen LogP contribution < -0.4 is 5.32 Å². The van der Waals surface area contributed by atoms with E-state index >= 15 is 0 Å². The topological polar surface area (TPSA) is 84.2 Å². The van der Waals surface area contributed by atoms with Crippen molar-refractivity contribution in [2.24, 2.45) is 5.92 Å². The molecule has 172 valence electrons. The largest absolute Gasteiger partial charge is 0.481 e. The van der Waals surface area contributed by atoms with Crippen molar-refractivity contribution >= 4 is 17.6 Å². The Morgan fingerprint density at radius 2 is 1.94 bits per heavy atom. The zero-order valence-electron chi connectivity index (χ0n) is 19.4. The van der Waals surface area contributed by atoms with Crippen molar-refractivity contribution in [2.45, 2.75) is 58.4 Å². The molecule has 2 aromatic carbocycles. The Labute approximate surface area is 194 Å². The first-order valence-electron chi connectivity index (χ1n) is 11.6. The van der Waals surface area contributed by atoms with E-state index in [1.54, 1.807) is 6.20 Å². The molecule has 1 fully saturated rings. The number of hydrogen-bond donors (Lipinski definition) is 2. The molecule has 33 heavy (non-hydrogen) atoms. The monoisotopic (exact) mass is 445 g/mol. The van der Waals surface area contributed by atoms with Gasteiger partial charge in [0.05, 0.1) is 23.4 Å². The van der Waals surface area contributed by atoms with Gasteiger partial charge in [-0.05, 0) is 60.8 Å². The van der Waals surface area contributed by atoms with Crippen LogP contribution in [0.5, 0.6) is 0 Å². The van der Waals surface area contributed by atoms with Gasteiger partial charge in [0.15, 0.2) is 0 Å². The average Bonchev–Trinajstić information content (AvgIpc) is 3.48. The average molecular weight is 446 g/mol. The van der Waals surface area contributed by atoms with Gasteiger partial charge in [-0.25, -0.2) is 0 Å². The number of carbonyl (C=O) groups is 2. The van der Waals surface area contributed by atoms with Gasteiger partial charge >= 0.3 is 5.97 Å². The fourth-order valence-electron chi connectivity index (χ4n) is 4.47. The molecule has 3 aromatic rings. The standard InChI is InChI=1S/C27H31N3O3/c1-17(2)25-23(16-28-30(25)13-7-10-19-8-5-4-6-9-19)26(31)29-24-14-20(12-11-18(24)3)21-15-22(21)27(32)33/h4-6,8-9,11-12,14,16-17,21-22H,7,10,13,15H2,1-3H3,(H,29,31)(H,32,33)/t21-,22-/m1/s1. The second kappa shape index (κ2) is 9.61.